The zero-order valence-corrected chi connectivity index (χ0v) is 12.7. The van der Waals surface area contributed by atoms with Crippen LogP contribution < -0.4 is 0 Å². The molecular formula is C16H10Cl2FNO2. The summed E-state index contributed by atoms with van der Waals surface area (Å²) in [5.74, 6) is -2.02. The molecule has 0 aliphatic carbocycles. The van der Waals surface area contributed by atoms with Crippen molar-refractivity contribution in [3.63, 3.8) is 0 Å². The molecule has 3 aromatic rings. The highest BCUT2D eigenvalue weighted by Crippen LogP contribution is 2.29. The van der Waals surface area contributed by atoms with Crippen LogP contribution >= 0.6 is 23.2 Å². The molecular weight excluding hydrogens is 328 g/mol. The van der Waals surface area contributed by atoms with Crippen LogP contribution in [0.25, 0.3) is 10.9 Å². The van der Waals surface area contributed by atoms with Crippen molar-refractivity contribution in [2.45, 2.75) is 6.54 Å². The van der Waals surface area contributed by atoms with Crippen molar-refractivity contribution in [3.05, 3.63) is 69.6 Å². The van der Waals surface area contributed by atoms with Crippen LogP contribution in [-0.2, 0) is 6.54 Å². The van der Waals surface area contributed by atoms with E-state index in [2.05, 4.69) is 0 Å². The number of hydrogen-bond donors (Lipinski definition) is 1. The summed E-state index contributed by atoms with van der Waals surface area (Å²) in [6.07, 6.45) is 1.76. The van der Waals surface area contributed by atoms with Gasteiger partial charge in [0.25, 0.3) is 0 Å². The van der Waals surface area contributed by atoms with Gasteiger partial charge >= 0.3 is 5.97 Å². The van der Waals surface area contributed by atoms with Gasteiger partial charge in [0.05, 0.1) is 22.6 Å². The van der Waals surface area contributed by atoms with Gasteiger partial charge in [-0.3, -0.25) is 0 Å². The average molecular weight is 338 g/mol. The van der Waals surface area contributed by atoms with Gasteiger partial charge in [0.15, 0.2) is 0 Å². The van der Waals surface area contributed by atoms with Gasteiger partial charge < -0.3 is 9.67 Å². The summed E-state index contributed by atoms with van der Waals surface area (Å²) in [6, 6.07) is 9.52. The van der Waals surface area contributed by atoms with E-state index in [4.69, 9.17) is 28.3 Å². The molecule has 0 bridgehead atoms. The standard InChI is InChI=1S/C16H10Cl2FNO2/c17-11-6-9-4-5-20(15(9)13(18)7-11)8-10-2-1-3-12(14(10)19)16(21)22/h1-7H,8H2,(H,21,22). The number of benzene rings is 2. The van der Waals surface area contributed by atoms with Gasteiger partial charge in [-0.05, 0) is 24.3 Å². The van der Waals surface area contributed by atoms with Gasteiger partial charge in [0, 0.05) is 22.2 Å². The predicted octanol–water partition coefficient (Wildman–Crippen LogP) is 4.83. The topological polar surface area (TPSA) is 42.2 Å². The van der Waals surface area contributed by atoms with E-state index < -0.39 is 11.8 Å². The maximum Gasteiger partial charge on any atom is 0.338 e. The van der Waals surface area contributed by atoms with Crippen molar-refractivity contribution in [1.29, 1.82) is 0 Å². The summed E-state index contributed by atoms with van der Waals surface area (Å²) in [7, 11) is 0. The molecule has 0 radical (unpaired) electrons. The highest BCUT2D eigenvalue weighted by atomic mass is 35.5. The summed E-state index contributed by atoms with van der Waals surface area (Å²) in [5.41, 5.74) is 0.665. The monoisotopic (exact) mass is 337 g/mol. The highest BCUT2D eigenvalue weighted by molar-refractivity contribution is 6.38. The van der Waals surface area contributed by atoms with E-state index in [0.29, 0.717) is 10.0 Å². The molecule has 0 saturated carbocycles. The summed E-state index contributed by atoms with van der Waals surface area (Å²) in [5, 5.41) is 10.8. The lowest BCUT2D eigenvalue weighted by atomic mass is 10.1. The Morgan fingerprint density at radius 2 is 2.00 bits per heavy atom. The number of aromatic carboxylic acids is 1. The maximum atomic E-state index is 14.2. The Kier molecular flexibility index (Phi) is 3.81. The molecule has 3 nitrogen and oxygen atoms in total. The SMILES string of the molecule is O=C(O)c1cccc(Cn2ccc3cc(Cl)cc(Cl)c32)c1F. The van der Waals surface area contributed by atoms with Crippen LogP contribution in [-0.4, -0.2) is 15.6 Å². The summed E-state index contributed by atoms with van der Waals surface area (Å²) in [4.78, 5) is 11.0. The second kappa shape index (κ2) is 5.63. The Hall–Kier alpha value is -2.04. The Morgan fingerprint density at radius 3 is 2.73 bits per heavy atom. The average Bonchev–Trinajstić information content (AvgIpc) is 2.83. The van der Waals surface area contributed by atoms with Crippen molar-refractivity contribution in [2.24, 2.45) is 0 Å². The van der Waals surface area contributed by atoms with Gasteiger partial charge in [-0.25, -0.2) is 9.18 Å². The molecule has 0 saturated heterocycles. The molecule has 1 heterocycles. The van der Waals surface area contributed by atoms with Crippen LogP contribution in [0.1, 0.15) is 15.9 Å². The molecule has 22 heavy (non-hydrogen) atoms. The van der Waals surface area contributed by atoms with Crippen molar-refractivity contribution in [3.8, 4) is 0 Å². The third kappa shape index (κ3) is 2.56. The quantitative estimate of drug-likeness (QED) is 0.743. The van der Waals surface area contributed by atoms with E-state index in [-0.39, 0.29) is 17.7 Å². The van der Waals surface area contributed by atoms with Crippen LogP contribution in [0.5, 0.6) is 0 Å². The second-order valence-corrected chi connectivity index (χ2v) is 5.70. The number of aromatic nitrogens is 1. The van der Waals surface area contributed by atoms with Crippen LogP contribution in [0, 0.1) is 5.82 Å². The number of fused-ring (bicyclic) bond motifs is 1. The first kappa shape index (κ1) is 14.9. The fraction of sp³-hybridized carbons (Fsp3) is 0.0625. The van der Waals surface area contributed by atoms with Crippen molar-refractivity contribution in [2.75, 3.05) is 0 Å². The molecule has 112 valence electrons. The normalized spacial score (nSPS) is 11.0. The fourth-order valence-electron chi connectivity index (χ4n) is 2.44. The van der Waals surface area contributed by atoms with Gasteiger partial charge in [0.1, 0.15) is 5.82 Å². The van der Waals surface area contributed by atoms with Crippen LogP contribution in [0.2, 0.25) is 10.0 Å². The molecule has 0 unspecified atom stereocenters. The summed E-state index contributed by atoms with van der Waals surface area (Å²) >= 11 is 12.2. The minimum Gasteiger partial charge on any atom is -0.478 e. The van der Waals surface area contributed by atoms with E-state index in [1.807, 2.05) is 6.07 Å². The van der Waals surface area contributed by atoms with Crippen molar-refractivity contribution < 1.29 is 14.3 Å². The molecule has 3 rings (SSSR count). The van der Waals surface area contributed by atoms with E-state index >= 15 is 0 Å². The van der Waals surface area contributed by atoms with E-state index in [1.165, 1.54) is 12.1 Å². The third-order valence-electron chi connectivity index (χ3n) is 3.43. The first-order valence-corrected chi connectivity index (χ1v) is 7.17. The number of carboxylic acids is 1. The Morgan fingerprint density at radius 1 is 1.23 bits per heavy atom. The minimum absolute atomic E-state index is 0.178. The fourth-order valence-corrected chi connectivity index (χ4v) is 3.06. The Bertz CT molecular complexity index is 889. The maximum absolute atomic E-state index is 14.2. The lowest BCUT2D eigenvalue weighted by molar-refractivity contribution is 0.0691. The zero-order valence-electron chi connectivity index (χ0n) is 11.2. The molecule has 0 aliphatic rings. The molecule has 0 fully saturated rings. The summed E-state index contributed by atoms with van der Waals surface area (Å²) in [6.45, 7) is 0.178. The van der Waals surface area contributed by atoms with E-state index in [9.17, 15) is 9.18 Å². The Balaban J connectivity index is 2.08. The number of hydrogen-bond acceptors (Lipinski definition) is 1. The van der Waals surface area contributed by atoms with Gasteiger partial charge in [-0.2, -0.15) is 0 Å². The van der Waals surface area contributed by atoms with E-state index in [1.54, 1.807) is 29.0 Å². The third-order valence-corrected chi connectivity index (χ3v) is 3.94. The first-order valence-electron chi connectivity index (χ1n) is 6.42. The zero-order chi connectivity index (χ0) is 15.9. The molecule has 0 spiro atoms. The molecule has 0 atom stereocenters. The molecule has 6 heteroatoms. The number of rotatable bonds is 3. The van der Waals surface area contributed by atoms with Crippen LogP contribution in [0.3, 0.4) is 0 Å². The number of carbonyl (C=O) groups is 1. The molecule has 2 aromatic carbocycles. The highest BCUT2D eigenvalue weighted by Gasteiger charge is 2.15. The summed E-state index contributed by atoms with van der Waals surface area (Å²) < 4.78 is 16.0. The predicted molar refractivity (Wildman–Crippen MR) is 84.4 cm³/mol. The lowest BCUT2D eigenvalue weighted by Gasteiger charge is -2.09. The largest absolute Gasteiger partial charge is 0.478 e. The smallest absolute Gasteiger partial charge is 0.338 e. The Labute approximate surface area is 135 Å². The van der Waals surface area contributed by atoms with Crippen LogP contribution in [0.4, 0.5) is 4.39 Å². The van der Waals surface area contributed by atoms with Crippen LogP contribution in [0.15, 0.2) is 42.6 Å². The van der Waals surface area contributed by atoms with Gasteiger partial charge in [-0.15, -0.1) is 0 Å². The van der Waals surface area contributed by atoms with Crippen molar-refractivity contribution in [1.82, 2.24) is 4.57 Å². The van der Waals surface area contributed by atoms with Gasteiger partial charge in [0.2, 0.25) is 0 Å². The number of halogens is 3. The molecule has 0 amide bonds. The second-order valence-electron chi connectivity index (χ2n) is 4.85. The molecule has 0 aliphatic heterocycles. The number of carboxylic acid groups (broad SMARTS) is 1. The number of nitrogens with zero attached hydrogens (tertiary/aromatic N) is 1. The van der Waals surface area contributed by atoms with Crippen molar-refractivity contribution >= 4 is 40.1 Å². The molecule has 1 N–H and O–H groups in total. The van der Waals surface area contributed by atoms with E-state index in [0.717, 1.165) is 10.9 Å². The first-order chi connectivity index (χ1) is 10.5. The van der Waals surface area contributed by atoms with Gasteiger partial charge in [-0.1, -0.05) is 35.3 Å². The lowest BCUT2D eigenvalue weighted by Crippen LogP contribution is -2.06. The minimum atomic E-state index is -1.29. The molecule has 1 aromatic heterocycles.